The molecule has 0 radical (unpaired) electrons. The molecule has 0 saturated carbocycles. The number of ether oxygens (including phenoxy) is 1. The standard InChI is InChI=1S/C16H14FNO3S/c1-10-9-14(22-15(10)16(20)21-2)18-13(19)8-5-11-3-6-12(17)7-4-11/h3-9H,1-2H3,(H,18,19)/b8-5+. The van der Waals surface area contributed by atoms with Crippen molar-refractivity contribution in [2.75, 3.05) is 12.4 Å². The highest BCUT2D eigenvalue weighted by molar-refractivity contribution is 7.18. The number of hydrogen-bond donors (Lipinski definition) is 1. The second-order valence-corrected chi connectivity index (χ2v) is 5.54. The Bertz CT molecular complexity index is 719. The van der Waals surface area contributed by atoms with Crippen LogP contribution in [0.15, 0.2) is 36.4 Å². The van der Waals surface area contributed by atoms with Gasteiger partial charge in [0.25, 0.3) is 0 Å². The second-order valence-electron chi connectivity index (χ2n) is 4.49. The molecule has 0 spiro atoms. The van der Waals surface area contributed by atoms with Crippen LogP contribution in [-0.2, 0) is 9.53 Å². The molecule has 22 heavy (non-hydrogen) atoms. The summed E-state index contributed by atoms with van der Waals surface area (Å²) in [5, 5.41) is 3.24. The van der Waals surface area contributed by atoms with Gasteiger partial charge in [-0.15, -0.1) is 11.3 Å². The maximum absolute atomic E-state index is 12.8. The van der Waals surface area contributed by atoms with Gasteiger partial charge >= 0.3 is 5.97 Å². The third-order valence-corrected chi connectivity index (χ3v) is 3.96. The molecule has 0 fully saturated rings. The van der Waals surface area contributed by atoms with Gasteiger partial charge < -0.3 is 10.1 Å². The van der Waals surface area contributed by atoms with Crippen LogP contribution in [0.1, 0.15) is 20.8 Å². The molecular formula is C16H14FNO3S. The summed E-state index contributed by atoms with van der Waals surface area (Å²) in [7, 11) is 1.31. The lowest BCUT2D eigenvalue weighted by Gasteiger charge is -1.97. The van der Waals surface area contributed by atoms with Gasteiger partial charge in [-0.1, -0.05) is 12.1 Å². The number of hydrogen-bond acceptors (Lipinski definition) is 4. The van der Waals surface area contributed by atoms with Crippen molar-refractivity contribution in [2.24, 2.45) is 0 Å². The van der Waals surface area contributed by atoms with E-state index in [0.29, 0.717) is 15.4 Å². The second kappa shape index (κ2) is 7.00. The zero-order valence-corrected chi connectivity index (χ0v) is 12.9. The van der Waals surface area contributed by atoms with Gasteiger partial charge in [0.15, 0.2) is 0 Å². The van der Waals surface area contributed by atoms with Crippen LogP contribution in [0, 0.1) is 12.7 Å². The van der Waals surface area contributed by atoms with E-state index in [1.807, 2.05) is 0 Å². The predicted octanol–water partition coefficient (Wildman–Crippen LogP) is 3.63. The Morgan fingerprint density at radius 2 is 1.95 bits per heavy atom. The Labute approximate surface area is 131 Å². The lowest BCUT2D eigenvalue weighted by molar-refractivity contribution is -0.111. The number of anilines is 1. The van der Waals surface area contributed by atoms with Crippen molar-refractivity contribution in [2.45, 2.75) is 6.92 Å². The minimum absolute atomic E-state index is 0.328. The molecule has 1 aromatic heterocycles. The van der Waals surface area contributed by atoms with Crippen molar-refractivity contribution in [3.05, 3.63) is 58.2 Å². The van der Waals surface area contributed by atoms with Crippen LogP contribution < -0.4 is 5.32 Å². The molecule has 0 bridgehead atoms. The lowest BCUT2D eigenvalue weighted by atomic mass is 10.2. The molecule has 0 saturated heterocycles. The Hall–Kier alpha value is -2.47. The normalized spacial score (nSPS) is 10.7. The van der Waals surface area contributed by atoms with Crippen LogP contribution in [0.25, 0.3) is 6.08 Å². The number of rotatable bonds is 4. The zero-order valence-electron chi connectivity index (χ0n) is 12.1. The number of nitrogens with one attached hydrogen (secondary N) is 1. The summed E-state index contributed by atoms with van der Waals surface area (Å²) in [6, 6.07) is 7.50. The van der Waals surface area contributed by atoms with Crippen molar-refractivity contribution >= 4 is 34.3 Å². The quantitative estimate of drug-likeness (QED) is 0.691. The first kappa shape index (κ1) is 15.9. The fourth-order valence-corrected chi connectivity index (χ4v) is 2.74. The van der Waals surface area contributed by atoms with Crippen molar-refractivity contribution in [3.63, 3.8) is 0 Å². The molecule has 6 heteroatoms. The average molecular weight is 319 g/mol. The van der Waals surface area contributed by atoms with Gasteiger partial charge in [-0.2, -0.15) is 0 Å². The van der Waals surface area contributed by atoms with Crippen LogP contribution in [0.5, 0.6) is 0 Å². The largest absolute Gasteiger partial charge is 0.465 e. The molecule has 0 aliphatic heterocycles. The van der Waals surface area contributed by atoms with E-state index in [4.69, 9.17) is 0 Å². The number of benzene rings is 1. The summed E-state index contributed by atoms with van der Waals surface area (Å²) in [5.41, 5.74) is 1.46. The first-order chi connectivity index (χ1) is 10.5. The molecule has 1 aromatic carbocycles. The molecule has 1 heterocycles. The molecule has 1 N–H and O–H groups in total. The molecule has 0 unspecified atom stereocenters. The van der Waals surface area contributed by atoms with Gasteiger partial charge in [-0.3, -0.25) is 4.79 Å². The number of carbonyl (C=O) groups excluding carboxylic acids is 2. The molecule has 2 aromatic rings. The van der Waals surface area contributed by atoms with Gasteiger partial charge in [0.2, 0.25) is 5.91 Å². The monoisotopic (exact) mass is 319 g/mol. The van der Waals surface area contributed by atoms with E-state index >= 15 is 0 Å². The number of aryl methyl sites for hydroxylation is 1. The van der Waals surface area contributed by atoms with Gasteiger partial charge in [-0.25, -0.2) is 9.18 Å². The Morgan fingerprint density at radius 3 is 2.59 bits per heavy atom. The minimum atomic E-state index is -0.426. The lowest BCUT2D eigenvalue weighted by Crippen LogP contribution is -2.06. The van der Waals surface area contributed by atoms with Crippen molar-refractivity contribution in [3.8, 4) is 0 Å². The average Bonchev–Trinajstić information content (AvgIpc) is 2.86. The SMILES string of the molecule is COC(=O)c1sc(NC(=O)/C=C/c2ccc(F)cc2)cc1C. The van der Waals surface area contributed by atoms with E-state index in [1.165, 1.54) is 25.3 Å². The van der Waals surface area contributed by atoms with E-state index in [1.54, 1.807) is 31.2 Å². The highest BCUT2D eigenvalue weighted by Crippen LogP contribution is 2.27. The van der Waals surface area contributed by atoms with Crippen LogP contribution in [0.4, 0.5) is 9.39 Å². The maximum atomic E-state index is 12.8. The summed E-state index contributed by atoms with van der Waals surface area (Å²) in [6.45, 7) is 1.77. The highest BCUT2D eigenvalue weighted by Gasteiger charge is 2.14. The summed E-state index contributed by atoms with van der Waals surface area (Å²) in [5.74, 6) is -1.09. The molecule has 0 aliphatic carbocycles. The molecule has 0 aliphatic rings. The van der Waals surface area contributed by atoms with Crippen LogP contribution in [0.2, 0.25) is 0 Å². The Kier molecular flexibility index (Phi) is 5.06. The fraction of sp³-hybridized carbons (Fsp3) is 0.125. The van der Waals surface area contributed by atoms with Crippen LogP contribution in [-0.4, -0.2) is 19.0 Å². The smallest absolute Gasteiger partial charge is 0.348 e. The number of methoxy groups -OCH3 is 1. The number of thiophene rings is 1. The van der Waals surface area contributed by atoms with Gasteiger partial charge in [-0.05, 0) is 42.3 Å². The Balaban J connectivity index is 2.03. The zero-order chi connectivity index (χ0) is 16.1. The van der Waals surface area contributed by atoms with E-state index in [2.05, 4.69) is 10.1 Å². The van der Waals surface area contributed by atoms with Crippen molar-refractivity contribution < 1.29 is 18.7 Å². The molecule has 0 atom stereocenters. The summed E-state index contributed by atoms with van der Waals surface area (Å²) < 4.78 is 17.4. The first-order valence-electron chi connectivity index (χ1n) is 6.43. The summed E-state index contributed by atoms with van der Waals surface area (Å²) in [6.07, 6.45) is 2.93. The van der Waals surface area contributed by atoms with Crippen LogP contribution in [0.3, 0.4) is 0 Å². The molecule has 1 amide bonds. The fourth-order valence-electron chi connectivity index (χ4n) is 1.75. The van der Waals surface area contributed by atoms with E-state index in [-0.39, 0.29) is 11.7 Å². The topological polar surface area (TPSA) is 55.4 Å². The maximum Gasteiger partial charge on any atom is 0.348 e. The van der Waals surface area contributed by atoms with E-state index in [9.17, 15) is 14.0 Å². The predicted molar refractivity (Wildman–Crippen MR) is 84.5 cm³/mol. The van der Waals surface area contributed by atoms with Crippen molar-refractivity contribution in [1.82, 2.24) is 0 Å². The van der Waals surface area contributed by atoms with Gasteiger partial charge in [0.1, 0.15) is 10.7 Å². The summed E-state index contributed by atoms with van der Waals surface area (Å²) >= 11 is 1.15. The number of halogens is 1. The summed E-state index contributed by atoms with van der Waals surface area (Å²) in [4.78, 5) is 23.8. The third-order valence-electron chi connectivity index (χ3n) is 2.83. The van der Waals surface area contributed by atoms with Gasteiger partial charge in [0.05, 0.1) is 12.1 Å². The third kappa shape index (κ3) is 4.02. The highest BCUT2D eigenvalue weighted by atomic mass is 32.1. The Morgan fingerprint density at radius 1 is 1.27 bits per heavy atom. The molecular weight excluding hydrogens is 305 g/mol. The minimum Gasteiger partial charge on any atom is -0.465 e. The van der Waals surface area contributed by atoms with Crippen LogP contribution >= 0.6 is 11.3 Å². The number of esters is 1. The van der Waals surface area contributed by atoms with Gasteiger partial charge in [0, 0.05) is 6.08 Å². The van der Waals surface area contributed by atoms with E-state index < -0.39 is 5.97 Å². The van der Waals surface area contributed by atoms with Crippen molar-refractivity contribution in [1.29, 1.82) is 0 Å². The number of carbonyl (C=O) groups is 2. The molecule has 4 nitrogen and oxygen atoms in total. The first-order valence-corrected chi connectivity index (χ1v) is 7.24. The number of amides is 1. The van der Waals surface area contributed by atoms with E-state index in [0.717, 1.165) is 16.9 Å². The molecule has 2 rings (SSSR count). The molecule has 114 valence electrons.